The van der Waals surface area contributed by atoms with E-state index in [1.807, 2.05) is 12.1 Å². The second kappa shape index (κ2) is 8.25. The number of hydrogen-bond donors (Lipinski definition) is 1. The fraction of sp³-hybridized carbons (Fsp3) is 0.125. The molecule has 80 valence electrons. The van der Waals surface area contributed by atoms with E-state index < -0.39 is 5.97 Å². The third kappa shape index (κ3) is 6.43. The number of carboxylic acids is 1. The minimum atomic E-state index is -0.833. The molecule has 1 aromatic rings. The summed E-state index contributed by atoms with van der Waals surface area (Å²) in [5.74, 6) is 0.0603. The van der Waals surface area contributed by atoms with E-state index in [1.54, 1.807) is 0 Å². The van der Waals surface area contributed by atoms with Crippen LogP contribution in [0.5, 0.6) is 5.75 Å². The van der Waals surface area contributed by atoms with Crippen LogP contribution in [0.25, 0.3) is 0 Å². The molecule has 0 heterocycles. The quantitative estimate of drug-likeness (QED) is 0.563. The summed E-state index contributed by atoms with van der Waals surface area (Å²) >= 11 is 10.7. The molecule has 0 aliphatic carbocycles. The topological polar surface area (TPSA) is 46.5 Å². The predicted molar refractivity (Wildman–Crippen MR) is 63.5 cm³/mol. The van der Waals surface area contributed by atoms with Gasteiger partial charge in [-0.05, 0) is 0 Å². The first-order valence-corrected chi connectivity index (χ1v) is 7.45. The number of aliphatic carboxylic acids is 1. The molecule has 0 saturated heterocycles. The summed E-state index contributed by atoms with van der Waals surface area (Å²) in [6.07, 6.45) is 0. The van der Waals surface area contributed by atoms with Crippen molar-refractivity contribution in [2.24, 2.45) is 0 Å². The Morgan fingerprint density at radius 2 is 1.80 bits per heavy atom. The van der Waals surface area contributed by atoms with Gasteiger partial charge in [-0.3, -0.25) is 4.79 Å². The van der Waals surface area contributed by atoms with E-state index in [4.69, 9.17) is 11.6 Å². The molecule has 1 aromatic carbocycles. The molecule has 0 saturated carbocycles. The molecule has 3 nitrogen and oxygen atoms in total. The molecule has 0 unspecified atom stereocenters. The van der Waals surface area contributed by atoms with Crippen molar-refractivity contribution in [2.45, 2.75) is 6.92 Å². The van der Waals surface area contributed by atoms with Crippen LogP contribution in [-0.4, -0.2) is 11.1 Å². The monoisotopic (exact) mass is 526 g/mol. The number of carbonyl (C=O) groups is 1. The first kappa shape index (κ1) is 16.1. The molecular formula is C8H6Br3LaO3. The third-order valence-electron chi connectivity index (χ3n) is 1.13. The molecule has 0 spiro atoms. The van der Waals surface area contributed by atoms with Gasteiger partial charge in [0.15, 0.2) is 0 Å². The van der Waals surface area contributed by atoms with Gasteiger partial charge in [0.25, 0.3) is 5.97 Å². The Bertz CT molecular complexity index is 353. The van der Waals surface area contributed by atoms with Crippen molar-refractivity contribution in [1.82, 2.24) is 0 Å². The predicted octanol–water partition coefficient (Wildman–Crippen LogP) is 3.91. The molecule has 1 N–H and O–H groups in total. The molecule has 0 aromatic heterocycles. The molecule has 0 bridgehead atoms. The number of benzene rings is 1. The maximum absolute atomic E-state index is 9.00. The van der Waals surface area contributed by atoms with Gasteiger partial charge in [-0.2, -0.15) is 0 Å². The minimum Gasteiger partial charge on any atom is -0.481 e. The largest absolute Gasteiger partial charge is 0.481 e. The molecule has 0 radical (unpaired) electrons. The molecule has 0 aliphatic rings. The first-order chi connectivity index (χ1) is 6.90. The van der Waals surface area contributed by atoms with Gasteiger partial charge in [-0.1, -0.05) is 0 Å². The number of rotatable bonds is 1. The zero-order chi connectivity index (χ0) is 12.0. The van der Waals surface area contributed by atoms with E-state index in [0.717, 1.165) is 26.1 Å². The molecular weight excluding hydrogens is 523 g/mol. The van der Waals surface area contributed by atoms with Gasteiger partial charge >= 0.3 is 115 Å². The van der Waals surface area contributed by atoms with Gasteiger partial charge in [-0.25, -0.2) is 0 Å². The smallest absolute Gasteiger partial charge is 0.300 e. The van der Waals surface area contributed by atoms with Crippen LogP contribution >= 0.6 is 47.8 Å². The number of hydrogen-bond acceptors (Lipinski definition) is 2. The van der Waals surface area contributed by atoms with Crippen molar-refractivity contribution in [3.8, 4) is 5.75 Å². The molecule has 15 heavy (non-hydrogen) atoms. The number of carboxylic acid groups (broad SMARTS) is 1. The van der Waals surface area contributed by atoms with Crippen LogP contribution in [0.2, 0.25) is 0 Å². The Labute approximate surface area is 136 Å². The summed E-state index contributed by atoms with van der Waals surface area (Å²) in [7, 11) is 0. The van der Waals surface area contributed by atoms with Crippen LogP contribution < -0.4 is 1.70 Å². The van der Waals surface area contributed by atoms with Gasteiger partial charge in [0.1, 0.15) is 0 Å². The Hall–Kier alpha value is 1.12. The van der Waals surface area contributed by atoms with E-state index in [-0.39, 0.29) is 0 Å². The van der Waals surface area contributed by atoms with Crippen molar-refractivity contribution in [3.63, 3.8) is 0 Å². The van der Waals surface area contributed by atoms with Gasteiger partial charge in [0.05, 0.1) is 0 Å². The molecule has 7 heteroatoms. The van der Waals surface area contributed by atoms with Crippen LogP contribution in [0.1, 0.15) is 6.92 Å². The molecule has 0 amide bonds. The number of halogens is 3. The van der Waals surface area contributed by atoms with E-state index in [1.165, 1.54) is 0 Å². The van der Waals surface area contributed by atoms with Crippen LogP contribution in [0, 0.1) is 34.3 Å². The van der Waals surface area contributed by atoms with Crippen molar-refractivity contribution in [3.05, 3.63) is 25.6 Å². The van der Waals surface area contributed by atoms with E-state index in [2.05, 4.69) is 47.8 Å². The Kier molecular flexibility index (Phi) is 8.87. The fourth-order valence-electron chi connectivity index (χ4n) is 0.599. The fourth-order valence-corrected chi connectivity index (χ4v) is 3.12. The maximum Gasteiger partial charge on any atom is 0.300 e. The Morgan fingerprint density at radius 3 is 2.20 bits per heavy atom. The average molecular weight is 529 g/mol. The van der Waals surface area contributed by atoms with E-state index >= 15 is 0 Å². The zero-order valence-corrected chi connectivity index (χ0v) is 16.0. The maximum atomic E-state index is 9.00. The van der Waals surface area contributed by atoms with E-state index in [0.29, 0.717) is 34.3 Å². The van der Waals surface area contributed by atoms with Crippen LogP contribution in [0.15, 0.2) is 25.6 Å². The summed E-state index contributed by atoms with van der Waals surface area (Å²) < 4.78 is 8.24. The average Bonchev–Trinajstić information content (AvgIpc) is 2.14. The van der Waals surface area contributed by atoms with Crippen molar-refractivity contribution >= 4 is 53.8 Å². The Morgan fingerprint density at radius 1 is 1.33 bits per heavy atom. The van der Waals surface area contributed by atoms with Crippen molar-refractivity contribution in [2.75, 3.05) is 0 Å². The van der Waals surface area contributed by atoms with Crippen LogP contribution in [0.4, 0.5) is 0 Å². The summed E-state index contributed by atoms with van der Waals surface area (Å²) in [6.45, 7) is 1.08. The minimum absolute atomic E-state index is 0.518. The normalized spacial score (nSPS) is 8.73. The standard InChI is InChI=1S/C6H3Br3O.C2H4O2.La/c7-3-1-2-4(10)6(9)5(3)8;1-2(3)4;/h1-2,10H;1H3,(H,3,4);/q;;+1/p-1. The molecule has 0 fully saturated rings. The van der Waals surface area contributed by atoms with Crippen molar-refractivity contribution in [1.29, 1.82) is 0 Å². The summed E-state index contributed by atoms with van der Waals surface area (Å²) in [6, 6.07) is 3.88. The van der Waals surface area contributed by atoms with E-state index in [9.17, 15) is 0 Å². The molecule has 0 atom stereocenters. The van der Waals surface area contributed by atoms with Gasteiger partial charge in [-0.15, -0.1) is 0 Å². The molecule has 0 aliphatic heterocycles. The first-order valence-electron chi connectivity index (χ1n) is 3.60. The second-order valence-electron chi connectivity index (χ2n) is 2.31. The third-order valence-corrected chi connectivity index (χ3v) is 5.26. The SMILES string of the molecule is Brc1ccc([O][La])c(Br)c1Br.CC(=O)O. The summed E-state index contributed by atoms with van der Waals surface area (Å²) in [4.78, 5) is 9.00. The second-order valence-corrected chi connectivity index (χ2v) is 5.49. The van der Waals surface area contributed by atoms with Gasteiger partial charge in [0, 0.05) is 6.92 Å². The van der Waals surface area contributed by atoms with Crippen LogP contribution in [-0.2, 0) is 4.79 Å². The molecule has 1 rings (SSSR count). The van der Waals surface area contributed by atoms with Gasteiger partial charge < -0.3 is 5.11 Å². The van der Waals surface area contributed by atoms with Crippen LogP contribution in [0.3, 0.4) is 0 Å². The Balaban J connectivity index is 0.000000423. The van der Waals surface area contributed by atoms with Crippen molar-refractivity contribution < 1.29 is 45.9 Å². The van der Waals surface area contributed by atoms with Gasteiger partial charge in [0.2, 0.25) is 0 Å². The summed E-state index contributed by atoms with van der Waals surface area (Å²) in [5, 5.41) is 7.42. The zero-order valence-electron chi connectivity index (χ0n) is 7.63. The summed E-state index contributed by atoms with van der Waals surface area (Å²) in [5.41, 5.74) is 0.